The SMILES string of the molecule is CNCCc1ncn(C)c1-c1cc(F)cc(F)c1. The Morgan fingerprint density at radius 1 is 1.22 bits per heavy atom. The Morgan fingerprint density at radius 2 is 1.89 bits per heavy atom. The summed E-state index contributed by atoms with van der Waals surface area (Å²) >= 11 is 0. The predicted octanol–water partition coefficient (Wildman–Crippen LogP) is 2.13. The van der Waals surface area contributed by atoms with E-state index in [0.29, 0.717) is 12.0 Å². The molecule has 0 amide bonds. The highest BCUT2D eigenvalue weighted by Crippen LogP contribution is 2.24. The summed E-state index contributed by atoms with van der Waals surface area (Å²) in [4.78, 5) is 4.27. The van der Waals surface area contributed by atoms with Gasteiger partial charge >= 0.3 is 0 Å². The smallest absolute Gasteiger partial charge is 0.126 e. The molecule has 3 nitrogen and oxygen atoms in total. The molecule has 0 radical (unpaired) electrons. The maximum atomic E-state index is 13.3. The molecule has 2 rings (SSSR count). The molecule has 96 valence electrons. The number of benzene rings is 1. The van der Waals surface area contributed by atoms with Crippen LogP contribution in [-0.4, -0.2) is 23.1 Å². The first-order valence-corrected chi connectivity index (χ1v) is 5.73. The van der Waals surface area contributed by atoms with E-state index in [0.717, 1.165) is 24.0 Å². The van der Waals surface area contributed by atoms with Crippen LogP contribution < -0.4 is 5.32 Å². The number of rotatable bonds is 4. The fraction of sp³-hybridized carbons (Fsp3) is 0.308. The van der Waals surface area contributed by atoms with Crippen LogP contribution >= 0.6 is 0 Å². The number of imidazole rings is 1. The number of likely N-dealkylation sites (N-methyl/N-ethyl adjacent to an activating group) is 1. The first kappa shape index (κ1) is 12.7. The van der Waals surface area contributed by atoms with E-state index in [2.05, 4.69) is 10.3 Å². The van der Waals surface area contributed by atoms with E-state index >= 15 is 0 Å². The minimum Gasteiger partial charge on any atom is -0.334 e. The second kappa shape index (κ2) is 5.27. The second-order valence-corrected chi connectivity index (χ2v) is 4.16. The van der Waals surface area contributed by atoms with Crippen LogP contribution in [0.4, 0.5) is 8.78 Å². The largest absolute Gasteiger partial charge is 0.334 e. The molecule has 0 aliphatic carbocycles. The first-order chi connectivity index (χ1) is 8.61. The van der Waals surface area contributed by atoms with Crippen LogP contribution in [0.5, 0.6) is 0 Å². The number of aromatic nitrogens is 2. The average molecular weight is 251 g/mol. The van der Waals surface area contributed by atoms with Gasteiger partial charge in [0.05, 0.1) is 17.7 Å². The quantitative estimate of drug-likeness (QED) is 0.902. The lowest BCUT2D eigenvalue weighted by Gasteiger charge is -2.07. The topological polar surface area (TPSA) is 29.9 Å². The van der Waals surface area contributed by atoms with Crippen molar-refractivity contribution in [2.75, 3.05) is 13.6 Å². The second-order valence-electron chi connectivity index (χ2n) is 4.16. The van der Waals surface area contributed by atoms with Gasteiger partial charge in [0.15, 0.2) is 0 Å². The van der Waals surface area contributed by atoms with Crippen molar-refractivity contribution in [1.82, 2.24) is 14.9 Å². The van der Waals surface area contributed by atoms with Crippen LogP contribution in [0.25, 0.3) is 11.3 Å². The van der Waals surface area contributed by atoms with Gasteiger partial charge < -0.3 is 9.88 Å². The zero-order valence-electron chi connectivity index (χ0n) is 10.4. The van der Waals surface area contributed by atoms with Gasteiger partial charge in [0.1, 0.15) is 11.6 Å². The van der Waals surface area contributed by atoms with Crippen molar-refractivity contribution in [3.05, 3.63) is 41.9 Å². The van der Waals surface area contributed by atoms with Crippen molar-refractivity contribution in [2.24, 2.45) is 7.05 Å². The average Bonchev–Trinajstić information content (AvgIpc) is 2.66. The Morgan fingerprint density at radius 3 is 2.50 bits per heavy atom. The Kier molecular flexibility index (Phi) is 3.72. The Labute approximate surface area is 104 Å². The maximum Gasteiger partial charge on any atom is 0.126 e. The van der Waals surface area contributed by atoms with Crippen LogP contribution in [-0.2, 0) is 13.5 Å². The summed E-state index contributed by atoms with van der Waals surface area (Å²) in [6.45, 7) is 0.766. The zero-order valence-corrected chi connectivity index (χ0v) is 10.4. The molecule has 18 heavy (non-hydrogen) atoms. The number of aryl methyl sites for hydroxylation is 1. The molecule has 0 fully saturated rings. The Hall–Kier alpha value is -1.75. The van der Waals surface area contributed by atoms with Gasteiger partial charge in [-0.05, 0) is 19.2 Å². The van der Waals surface area contributed by atoms with E-state index in [1.807, 2.05) is 14.1 Å². The van der Waals surface area contributed by atoms with Crippen molar-refractivity contribution >= 4 is 0 Å². The zero-order chi connectivity index (χ0) is 13.1. The van der Waals surface area contributed by atoms with Gasteiger partial charge in [-0.1, -0.05) is 0 Å². The summed E-state index contributed by atoms with van der Waals surface area (Å²) < 4.78 is 28.3. The van der Waals surface area contributed by atoms with Gasteiger partial charge in [0.25, 0.3) is 0 Å². The van der Waals surface area contributed by atoms with Crippen LogP contribution in [0.15, 0.2) is 24.5 Å². The van der Waals surface area contributed by atoms with Crippen LogP contribution in [0.2, 0.25) is 0 Å². The van der Waals surface area contributed by atoms with Gasteiger partial charge in [-0.2, -0.15) is 0 Å². The Balaban J connectivity index is 2.45. The lowest BCUT2D eigenvalue weighted by Crippen LogP contribution is -2.11. The van der Waals surface area contributed by atoms with Gasteiger partial charge in [-0.15, -0.1) is 0 Å². The van der Waals surface area contributed by atoms with E-state index in [1.165, 1.54) is 12.1 Å². The van der Waals surface area contributed by atoms with Gasteiger partial charge in [-0.25, -0.2) is 13.8 Å². The number of hydrogen-bond acceptors (Lipinski definition) is 2. The summed E-state index contributed by atoms with van der Waals surface area (Å²) in [5, 5.41) is 3.03. The standard InChI is InChI=1S/C13H15F2N3/c1-16-4-3-12-13(18(2)8-17-12)9-5-10(14)7-11(15)6-9/h5-8,16H,3-4H2,1-2H3. The molecule has 0 bridgehead atoms. The number of nitrogens with one attached hydrogen (secondary N) is 1. The summed E-state index contributed by atoms with van der Waals surface area (Å²) in [6.07, 6.45) is 2.37. The van der Waals surface area contributed by atoms with E-state index in [1.54, 1.807) is 10.9 Å². The molecule has 0 spiro atoms. The summed E-state index contributed by atoms with van der Waals surface area (Å²) in [6, 6.07) is 3.51. The fourth-order valence-corrected chi connectivity index (χ4v) is 1.97. The minimum atomic E-state index is -0.578. The van der Waals surface area contributed by atoms with E-state index in [9.17, 15) is 8.78 Å². The molecule has 1 heterocycles. The van der Waals surface area contributed by atoms with Crippen molar-refractivity contribution in [1.29, 1.82) is 0 Å². The molecule has 0 aliphatic rings. The highest BCUT2D eigenvalue weighted by Gasteiger charge is 2.12. The van der Waals surface area contributed by atoms with Crippen molar-refractivity contribution in [3.63, 3.8) is 0 Å². The number of halogens is 2. The monoisotopic (exact) mass is 251 g/mol. The van der Waals surface area contributed by atoms with Crippen LogP contribution in [0, 0.1) is 11.6 Å². The summed E-state index contributed by atoms with van der Waals surface area (Å²) in [5.41, 5.74) is 2.10. The minimum absolute atomic E-state index is 0.513. The molecule has 0 saturated carbocycles. The normalized spacial score (nSPS) is 10.9. The molecule has 1 aromatic carbocycles. The van der Waals surface area contributed by atoms with Crippen LogP contribution in [0.1, 0.15) is 5.69 Å². The van der Waals surface area contributed by atoms with Gasteiger partial charge in [0, 0.05) is 31.6 Å². The van der Waals surface area contributed by atoms with E-state index in [-0.39, 0.29) is 0 Å². The lowest BCUT2D eigenvalue weighted by atomic mass is 10.1. The molecule has 0 unspecified atom stereocenters. The van der Waals surface area contributed by atoms with E-state index < -0.39 is 11.6 Å². The molecular weight excluding hydrogens is 236 g/mol. The Bertz CT molecular complexity index is 529. The molecule has 5 heteroatoms. The van der Waals surface area contributed by atoms with E-state index in [4.69, 9.17) is 0 Å². The first-order valence-electron chi connectivity index (χ1n) is 5.73. The number of hydrogen-bond donors (Lipinski definition) is 1. The third-order valence-corrected chi connectivity index (χ3v) is 2.76. The van der Waals surface area contributed by atoms with Crippen LogP contribution in [0.3, 0.4) is 0 Å². The molecule has 1 N–H and O–H groups in total. The third kappa shape index (κ3) is 2.56. The molecule has 0 aliphatic heterocycles. The third-order valence-electron chi connectivity index (χ3n) is 2.76. The highest BCUT2D eigenvalue weighted by atomic mass is 19.1. The predicted molar refractivity (Wildman–Crippen MR) is 66.2 cm³/mol. The molecule has 1 aromatic heterocycles. The van der Waals surface area contributed by atoms with Gasteiger partial charge in [-0.3, -0.25) is 0 Å². The van der Waals surface area contributed by atoms with Crippen molar-refractivity contribution in [2.45, 2.75) is 6.42 Å². The summed E-state index contributed by atoms with van der Waals surface area (Å²) in [5.74, 6) is -1.16. The van der Waals surface area contributed by atoms with Crippen molar-refractivity contribution < 1.29 is 8.78 Å². The maximum absolute atomic E-state index is 13.3. The molecular formula is C13H15F2N3. The van der Waals surface area contributed by atoms with Crippen molar-refractivity contribution in [3.8, 4) is 11.3 Å². The number of nitrogens with zero attached hydrogens (tertiary/aromatic N) is 2. The molecule has 2 aromatic rings. The molecule has 0 atom stereocenters. The highest BCUT2D eigenvalue weighted by molar-refractivity contribution is 5.62. The van der Waals surface area contributed by atoms with Gasteiger partial charge in [0.2, 0.25) is 0 Å². The fourth-order valence-electron chi connectivity index (χ4n) is 1.97. The lowest BCUT2D eigenvalue weighted by molar-refractivity contribution is 0.584. The summed E-state index contributed by atoms with van der Waals surface area (Å²) in [7, 11) is 3.67. The molecule has 0 saturated heterocycles.